The molecule has 0 radical (unpaired) electrons. The van der Waals surface area contributed by atoms with Crippen molar-refractivity contribution in [3.63, 3.8) is 0 Å². The smallest absolute Gasteiger partial charge is 0.160 e. The third-order valence-electron chi connectivity index (χ3n) is 6.47. The van der Waals surface area contributed by atoms with Crippen LogP contribution < -0.4 is 0 Å². The van der Waals surface area contributed by atoms with Crippen molar-refractivity contribution in [2.24, 2.45) is 29.6 Å². The molecule has 130 valence electrons. The van der Waals surface area contributed by atoms with Gasteiger partial charge in [-0.1, -0.05) is 53.9 Å². The fraction of sp³-hybridized carbons (Fsp3) is 1.00. The van der Waals surface area contributed by atoms with Gasteiger partial charge < -0.3 is 9.47 Å². The second kappa shape index (κ2) is 8.68. The predicted octanol–water partition coefficient (Wildman–Crippen LogP) is 5.65. The van der Waals surface area contributed by atoms with E-state index in [-0.39, 0.29) is 6.29 Å². The lowest BCUT2D eigenvalue weighted by Gasteiger charge is -2.42. The van der Waals surface area contributed by atoms with Crippen LogP contribution in [0.25, 0.3) is 0 Å². The van der Waals surface area contributed by atoms with E-state index in [0.717, 1.165) is 18.4 Å². The van der Waals surface area contributed by atoms with E-state index in [1.807, 2.05) is 0 Å². The molecule has 0 aromatic carbocycles. The maximum absolute atomic E-state index is 6.40. The number of ether oxygens (including phenoxy) is 2. The zero-order valence-electron chi connectivity index (χ0n) is 15.5. The molecule has 2 heteroatoms. The number of rotatable bonds is 6. The third-order valence-corrected chi connectivity index (χ3v) is 6.47. The third kappa shape index (κ3) is 4.47. The molecule has 0 bridgehead atoms. The molecule has 2 nitrogen and oxygen atoms in total. The van der Waals surface area contributed by atoms with Crippen molar-refractivity contribution in [1.29, 1.82) is 0 Å². The van der Waals surface area contributed by atoms with Crippen molar-refractivity contribution < 1.29 is 9.47 Å². The van der Waals surface area contributed by atoms with Gasteiger partial charge in [0.05, 0.1) is 12.7 Å². The Bertz CT molecular complexity index is 309. The summed E-state index contributed by atoms with van der Waals surface area (Å²) in [6.07, 6.45) is 9.60. The first-order chi connectivity index (χ1) is 10.6. The Morgan fingerprint density at radius 2 is 1.68 bits per heavy atom. The summed E-state index contributed by atoms with van der Waals surface area (Å²) in [5.74, 6) is 3.61. The van der Waals surface area contributed by atoms with Gasteiger partial charge in [-0.2, -0.15) is 0 Å². The minimum Gasteiger partial charge on any atom is -0.352 e. The standard InChI is InChI=1S/C20H38O2/c1-6-8-19-17(7-2)13-21-20(22-19)16(5)15(4)18-11-9-14(3)10-12-18/h14-20H,6-13H2,1-5H3. The van der Waals surface area contributed by atoms with E-state index in [9.17, 15) is 0 Å². The highest BCUT2D eigenvalue weighted by Gasteiger charge is 2.37. The van der Waals surface area contributed by atoms with E-state index in [4.69, 9.17) is 9.47 Å². The van der Waals surface area contributed by atoms with E-state index in [2.05, 4.69) is 34.6 Å². The molecule has 1 heterocycles. The minimum atomic E-state index is 0.0219. The van der Waals surface area contributed by atoms with Gasteiger partial charge in [-0.05, 0) is 43.4 Å². The molecular weight excluding hydrogens is 272 g/mol. The van der Waals surface area contributed by atoms with Crippen molar-refractivity contribution in [1.82, 2.24) is 0 Å². The summed E-state index contributed by atoms with van der Waals surface area (Å²) >= 11 is 0. The molecule has 0 N–H and O–H groups in total. The van der Waals surface area contributed by atoms with Crippen LogP contribution >= 0.6 is 0 Å². The molecule has 1 aliphatic heterocycles. The van der Waals surface area contributed by atoms with Crippen molar-refractivity contribution >= 4 is 0 Å². The average Bonchev–Trinajstić information content (AvgIpc) is 2.54. The van der Waals surface area contributed by atoms with Crippen LogP contribution in [0, 0.1) is 29.6 Å². The highest BCUT2D eigenvalue weighted by atomic mass is 16.7. The minimum absolute atomic E-state index is 0.0219. The summed E-state index contributed by atoms with van der Waals surface area (Å²) < 4.78 is 12.5. The lowest BCUT2D eigenvalue weighted by molar-refractivity contribution is -0.264. The summed E-state index contributed by atoms with van der Waals surface area (Å²) in [5, 5.41) is 0. The topological polar surface area (TPSA) is 18.5 Å². The Hall–Kier alpha value is -0.0800. The lowest BCUT2D eigenvalue weighted by atomic mass is 9.73. The molecule has 0 spiro atoms. The molecule has 1 saturated heterocycles. The fourth-order valence-corrected chi connectivity index (χ4v) is 4.38. The highest BCUT2D eigenvalue weighted by molar-refractivity contribution is 4.81. The van der Waals surface area contributed by atoms with Gasteiger partial charge in [0.1, 0.15) is 0 Å². The molecule has 2 rings (SSSR count). The van der Waals surface area contributed by atoms with Crippen LogP contribution in [0.1, 0.15) is 79.6 Å². The molecule has 2 fully saturated rings. The van der Waals surface area contributed by atoms with Crippen LogP contribution in [-0.2, 0) is 9.47 Å². The highest BCUT2D eigenvalue weighted by Crippen LogP contribution is 2.39. The number of hydrogen-bond donors (Lipinski definition) is 0. The summed E-state index contributed by atoms with van der Waals surface area (Å²) in [7, 11) is 0. The average molecular weight is 311 g/mol. The number of hydrogen-bond acceptors (Lipinski definition) is 2. The van der Waals surface area contributed by atoms with Gasteiger partial charge in [-0.3, -0.25) is 0 Å². The second-order valence-electron chi connectivity index (χ2n) is 8.07. The van der Waals surface area contributed by atoms with Gasteiger partial charge >= 0.3 is 0 Å². The van der Waals surface area contributed by atoms with E-state index in [1.165, 1.54) is 44.9 Å². The van der Waals surface area contributed by atoms with Crippen molar-refractivity contribution in [2.75, 3.05) is 6.61 Å². The predicted molar refractivity (Wildman–Crippen MR) is 92.8 cm³/mol. The largest absolute Gasteiger partial charge is 0.352 e. The maximum Gasteiger partial charge on any atom is 0.160 e. The molecule has 2 aliphatic rings. The summed E-state index contributed by atoms with van der Waals surface area (Å²) in [6.45, 7) is 12.6. The van der Waals surface area contributed by atoms with Gasteiger partial charge in [0.25, 0.3) is 0 Å². The van der Waals surface area contributed by atoms with E-state index in [0.29, 0.717) is 23.9 Å². The van der Waals surface area contributed by atoms with Crippen molar-refractivity contribution in [3.8, 4) is 0 Å². The Labute approximate surface area is 138 Å². The molecule has 0 aromatic heterocycles. The molecule has 0 amide bonds. The first-order valence-electron chi connectivity index (χ1n) is 9.83. The molecule has 0 aromatic rings. The van der Waals surface area contributed by atoms with E-state index < -0.39 is 0 Å². The molecular formula is C20H38O2. The molecule has 5 unspecified atom stereocenters. The van der Waals surface area contributed by atoms with Gasteiger partial charge in [-0.15, -0.1) is 0 Å². The molecule has 5 atom stereocenters. The van der Waals surface area contributed by atoms with Gasteiger partial charge in [-0.25, -0.2) is 0 Å². The van der Waals surface area contributed by atoms with Crippen LogP contribution in [0.4, 0.5) is 0 Å². The SMILES string of the molecule is CCCC1OC(C(C)C(C)C2CCC(C)CC2)OCC1CC. The molecule has 22 heavy (non-hydrogen) atoms. The van der Waals surface area contributed by atoms with Gasteiger partial charge in [0.2, 0.25) is 0 Å². The molecule has 1 aliphatic carbocycles. The van der Waals surface area contributed by atoms with Crippen LogP contribution in [0.3, 0.4) is 0 Å². The second-order valence-corrected chi connectivity index (χ2v) is 8.07. The lowest BCUT2D eigenvalue weighted by Crippen LogP contribution is -2.44. The summed E-state index contributed by atoms with van der Waals surface area (Å²) in [4.78, 5) is 0. The fourth-order valence-electron chi connectivity index (χ4n) is 4.38. The molecule has 1 saturated carbocycles. The summed E-state index contributed by atoms with van der Waals surface area (Å²) in [6, 6.07) is 0. The Morgan fingerprint density at radius 1 is 1.00 bits per heavy atom. The van der Waals surface area contributed by atoms with Crippen LogP contribution in [0.2, 0.25) is 0 Å². The van der Waals surface area contributed by atoms with Gasteiger partial charge in [0.15, 0.2) is 6.29 Å². The Balaban J connectivity index is 1.89. The van der Waals surface area contributed by atoms with E-state index >= 15 is 0 Å². The van der Waals surface area contributed by atoms with Crippen LogP contribution in [-0.4, -0.2) is 19.0 Å². The Kier molecular flexibility index (Phi) is 7.21. The van der Waals surface area contributed by atoms with Gasteiger partial charge in [0, 0.05) is 11.8 Å². The van der Waals surface area contributed by atoms with Crippen LogP contribution in [0.15, 0.2) is 0 Å². The first-order valence-corrected chi connectivity index (χ1v) is 9.83. The van der Waals surface area contributed by atoms with Crippen molar-refractivity contribution in [2.45, 2.75) is 92.0 Å². The van der Waals surface area contributed by atoms with Crippen LogP contribution in [0.5, 0.6) is 0 Å². The maximum atomic E-state index is 6.40. The summed E-state index contributed by atoms with van der Waals surface area (Å²) in [5.41, 5.74) is 0. The Morgan fingerprint density at radius 3 is 2.27 bits per heavy atom. The zero-order valence-corrected chi connectivity index (χ0v) is 15.5. The monoisotopic (exact) mass is 310 g/mol. The first kappa shape index (κ1) is 18.3. The quantitative estimate of drug-likeness (QED) is 0.631. The van der Waals surface area contributed by atoms with Crippen molar-refractivity contribution in [3.05, 3.63) is 0 Å². The van der Waals surface area contributed by atoms with E-state index in [1.54, 1.807) is 0 Å². The normalized spacial score (nSPS) is 39.4. The zero-order chi connectivity index (χ0) is 16.1.